The zero-order chi connectivity index (χ0) is 16.1. The average molecular weight is 305 g/mol. The van der Waals surface area contributed by atoms with Crippen LogP contribution in [-0.2, 0) is 6.54 Å². The number of nitrogens with zero attached hydrogens (tertiary/aromatic N) is 3. The van der Waals surface area contributed by atoms with Gasteiger partial charge in [-0.05, 0) is 31.0 Å². The molecule has 1 heterocycles. The molecule has 1 aromatic carbocycles. The van der Waals surface area contributed by atoms with Gasteiger partial charge in [-0.25, -0.2) is 4.39 Å². The second-order valence-corrected chi connectivity index (χ2v) is 6.05. The van der Waals surface area contributed by atoms with Crippen molar-refractivity contribution in [1.82, 2.24) is 9.80 Å². The molecule has 1 aliphatic heterocycles. The first-order chi connectivity index (χ1) is 10.5. The van der Waals surface area contributed by atoms with Gasteiger partial charge in [0.05, 0.1) is 17.7 Å². The van der Waals surface area contributed by atoms with Gasteiger partial charge in [0.1, 0.15) is 5.82 Å². The first kappa shape index (κ1) is 16.9. The Kier molecular flexibility index (Phi) is 5.90. The summed E-state index contributed by atoms with van der Waals surface area (Å²) in [5, 5.41) is 18.7. The Morgan fingerprint density at radius 3 is 2.86 bits per heavy atom. The minimum atomic E-state index is -0.367. The molecule has 1 saturated heterocycles. The summed E-state index contributed by atoms with van der Waals surface area (Å²) < 4.78 is 13.2. The molecule has 22 heavy (non-hydrogen) atoms. The summed E-state index contributed by atoms with van der Waals surface area (Å²) in [6.07, 6.45) is 0.709. The molecule has 0 amide bonds. The van der Waals surface area contributed by atoms with Crippen LogP contribution in [0.5, 0.6) is 0 Å². The number of benzene rings is 1. The minimum absolute atomic E-state index is 0.317. The first-order valence-corrected chi connectivity index (χ1v) is 7.86. The Hall–Kier alpha value is -1.48. The molecule has 2 atom stereocenters. The highest BCUT2D eigenvalue weighted by atomic mass is 19.1. The molecular weight excluding hydrogens is 281 g/mol. The van der Waals surface area contributed by atoms with Gasteiger partial charge in [-0.2, -0.15) is 5.26 Å². The SMILES string of the molecule is CCC1CN(Cc2ccc(F)cc2C#N)CCN1CC(C)O. The molecule has 1 aromatic rings. The molecular formula is C17H24FN3O. The standard InChI is InChI=1S/C17H24FN3O/c1-3-17-12-20(6-7-21(17)10-13(2)22)11-14-4-5-16(18)8-15(14)9-19/h4-5,8,13,17,22H,3,6-7,10-12H2,1-2H3. The van der Waals surface area contributed by atoms with Gasteiger partial charge in [0.2, 0.25) is 0 Å². The molecule has 1 aliphatic rings. The zero-order valence-electron chi connectivity index (χ0n) is 13.3. The minimum Gasteiger partial charge on any atom is -0.392 e. The van der Waals surface area contributed by atoms with Crippen molar-refractivity contribution in [2.45, 2.75) is 39.0 Å². The van der Waals surface area contributed by atoms with E-state index in [9.17, 15) is 9.50 Å². The lowest BCUT2D eigenvalue weighted by atomic mass is 10.0. The van der Waals surface area contributed by atoms with Gasteiger partial charge in [0.15, 0.2) is 0 Å². The third-order valence-corrected chi connectivity index (χ3v) is 4.25. The zero-order valence-corrected chi connectivity index (χ0v) is 13.3. The van der Waals surface area contributed by atoms with E-state index in [0.29, 0.717) is 24.7 Å². The van der Waals surface area contributed by atoms with Gasteiger partial charge in [0.25, 0.3) is 0 Å². The summed E-state index contributed by atoms with van der Waals surface area (Å²) in [5.41, 5.74) is 1.29. The summed E-state index contributed by atoms with van der Waals surface area (Å²) in [7, 11) is 0. The fourth-order valence-corrected chi connectivity index (χ4v) is 3.10. The number of piperazine rings is 1. The maximum atomic E-state index is 13.2. The van der Waals surface area contributed by atoms with Crippen LogP contribution in [0, 0.1) is 17.1 Å². The molecule has 1 N–H and O–H groups in total. The van der Waals surface area contributed by atoms with Gasteiger partial charge in [-0.1, -0.05) is 13.0 Å². The second kappa shape index (κ2) is 7.68. The van der Waals surface area contributed by atoms with Gasteiger partial charge >= 0.3 is 0 Å². The monoisotopic (exact) mass is 305 g/mol. The van der Waals surface area contributed by atoms with E-state index in [-0.39, 0.29) is 11.9 Å². The second-order valence-electron chi connectivity index (χ2n) is 6.05. The van der Waals surface area contributed by atoms with E-state index < -0.39 is 0 Å². The van der Waals surface area contributed by atoms with Crippen molar-refractivity contribution in [3.8, 4) is 6.07 Å². The summed E-state index contributed by atoms with van der Waals surface area (Å²) in [6.45, 7) is 8.05. The van der Waals surface area contributed by atoms with Crippen molar-refractivity contribution in [2.24, 2.45) is 0 Å². The predicted molar refractivity (Wildman–Crippen MR) is 83.7 cm³/mol. The van der Waals surface area contributed by atoms with Gasteiger partial charge in [-0.3, -0.25) is 9.80 Å². The predicted octanol–water partition coefficient (Wildman–Crippen LogP) is 1.97. The van der Waals surface area contributed by atoms with E-state index in [1.165, 1.54) is 12.1 Å². The van der Waals surface area contributed by atoms with Crippen molar-refractivity contribution < 1.29 is 9.50 Å². The smallest absolute Gasteiger partial charge is 0.124 e. The Labute approximate surface area is 131 Å². The lowest BCUT2D eigenvalue weighted by molar-refractivity contribution is 0.0337. The maximum Gasteiger partial charge on any atom is 0.124 e. The van der Waals surface area contributed by atoms with E-state index in [1.807, 2.05) is 6.92 Å². The summed E-state index contributed by atoms with van der Waals surface area (Å²) in [5.74, 6) is -0.367. The van der Waals surface area contributed by atoms with Crippen LogP contribution in [-0.4, -0.2) is 53.2 Å². The summed E-state index contributed by atoms with van der Waals surface area (Å²) in [6, 6.07) is 6.91. The third-order valence-electron chi connectivity index (χ3n) is 4.25. The molecule has 4 nitrogen and oxygen atoms in total. The van der Waals surface area contributed by atoms with E-state index >= 15 is 0 Å². The average Bonchev–Trinajstić information content (AvgIpc) is 2.49. The molecule has 2 unspecified atom stereocenters. The third kappa shape index (κ3) is 4.26. The quantitative estimate of drug-likeness (QED) is 0.904. The molecule has 0 saturated carbocycles. The Bertz CT molecular complexity index is 541. The Balaban J connectivity index is 2.02. The molecule has 5 heteroatoms. The van der Waals surface area contributed by atoms with E-state index in [2.05, 4.69) is 22.8 Å². The molecule has 0 spiro atoms. The molecule has 120 valence electrons. The highest BCUT2D eigenvalue weighted by Crippen LogP contribution is 2.18. The normalized spacial score (nSPS) is 21.5. The topological polar surface area (TPSA) is 50.5 Å². The van der Waals surface area contributed by atoms with E-state index in [0.717, 1.165) is 31.6 Å². The molecule has 0 aromatic heterocycles. The highest BCUT2D eigenvalue weighted by Gasteiger charge is 2.26. The number of rotatable bonds is 5. The van der Waals surface area contributed by atoms with Crippen molar-refractivity contribution >= 4 is 0 Å². The van der Waals surface area contributed by atoms with E-state index in [4.69, 9.17) is 5.26 Å². The highest BCUT2D eigenvalue weighted by molar-refractivity contribution is 5.37. The number of aliphatic hydroxyl groups is 1. The van der Waals surface area contributed by atoms with Crippen molar-refractivity contribution in [1.29, 1.82) is 5.26 Å². The Morgan fingerprint density at radius 2 is 2.23 bits per heavy atom. The Morgan fingerprint density at radius 1 is 1.45 bits per heavy atom. The fourth-order valence-electron chi connectivity index (χ4n) is 3.10. The van der Waals surface area contributed by atoms with Crippen LogP contribution in [0.4, 0.5) is 4.39 Å². The van der Waals surface area contributed by atoms with Gasteiger partial charge in [0, 0.05) is 38.8 Å². The molecule has 0 aliphatic carbocycles. The number of hydrogen-bond donors (Lipinski definition) is 1. The number of β-amino-alcohol motifs (C(OH)–C–C–N with tert-alkyl or cyclic N) is 1. The molecule has 2 rings (SSSR count). The number of hydrogen-bond acceptors (Lipinski definition) is 4. The van der Waals surface area contributed by atoms with Crippen LogP contribution in [0.3, 0.4) is 0 Å². The van der Waals surface area contributed by atoms with Crippen molar-refractivity contribution in [3.63, 3.8) is 0 Å². The largest absolute Gasteiger partial charge is 0.392 e. The fraction of sp³-hybridized carbons (Fsp3) is 0.588. The lowest BCUT2D eigenvalue weighted by Crippen LogP contribution is -2.54. The van der Waals surface area contributed by atoms with Crippen LogP contribution >= 0.6 is 0 Å². The molecule has 1 fully saturated rings. The van der Waals surface area contributed by atoms with Gasteiger partial charge < -0.3 is 5.11 Å². The van der Waals surface area contributed by atoms with Crippen LogP contribution in [0.25, 0.3) is 0 Å². The van der Waals surface area contributed by atoms with Crippen LogP contribution < -0.4 is 0 Å². The summed E-state index contributed by atoms with van der Waals surface area (Å²) in [4.78, 5) is 4.64. The summed E-state index contributed by atoms with van der Waals surface area (Å²) >= 11 is 0. The van der Waals surface area contributed by atoms with Crippen LogP contribution in [0.2, 0.25) is 0 Å². The molecule has 0 radical (unpaired) electrons. The van der Waals surface area contributed by atoms with Crippen molar-refractivity contribution in [2.75, 3.05) is 26.2 Å². The number of nitriles is 1. The first-order valence-electron chi connectivity index (χ1n) is 7.86. The number of halogens is 1. The van der Waals surface area contributed by atoms with Crippen LogP contribution in [0.1, 0.15) is 31.4 Å². The lowest BCUT2D eigenvalue weighted by Gasteiger charge is -2.41. The van der Waals surface area contributed by atoms with Crippen LogP contribution in [0.15, 0.2) is 18.2 Å². The van der Waals surface area contributed by atoms with E-state index in [1.54, 1.807) is 6.07 Å². The maximum absolute atomic E-state index is 13.2. The number of aliphatic hydroxyl groups excluding tert-OH is 1. The van der Waals surface area contributed by atoms with Crippen molar-refractivity contribution in [3.05, 3.63) is 35.1 Å². The van der Waals surface area contributed by atoms with Gasteiger partial charge in [-0.15, -0.1) is 0 Å². The molecule has 0 bridgehead atoms.